The lowest BCUT2D eigenvalue weighted by molar-refractivity contribution is -0.137. The van der Waals surface area contributed by atoms with Gasteiger partial charge in [-0.2, -0.15) is 0 Å². The first kappa shape index (κ1) is 22.0. The average molecular weight is 445 g/mol. The number of pyridine rings is 1. The Kier molecular flexibility index (Phi) is 6.64. The number of fused-ring (bicyclic) bond motifs is 3. The van der Waals surface area contributed by atoms with E-state index in [9.17, 15) is 14.4 Å². The van der Waals surface area contributed by atoms with Crippen molar-refractivity contribution in [2.45, 2.75) is 24.8 Å². The summed E-state index contributed by atoms with van der Waals surface area (Å²) in [6.07, 6.45) is 0.353. The van der Waals surface area contributed by atoms with E-state index in [1.165, 1.54) is 6.20 Å². The monoisotopic (exact) mass is 445 g/mol. The van der Waals surface area contributed by atoms with E-state index in [2.05, 4.69) is 15.6 Å². The zero-order chi connectivity index (χ0) is 23.2. The predicted molar refractivity (Wildman–Crippen MR) is 122 cm³/mol. The molecule has 1 heterocycles. The van der Waals surface area contributed by atoms with Crippen molar-refractivity contribution in [2.75, 3.05) is 11.9 Å². The second-order valence-corrected chi connectivity index (χ2v) is 7.66. The summed E-state index contributed by atoms with van der Waals surface area (Å²) < 4.78 is 5.48. The maximum atomic E-state index is 12.6. The van der Waals surface area contributed by atoms with E-state index >= 15 is 0 Å². The maximum absolute atomic E-state index is 12.6. The molecule has 8 nitrogen and oxygen atoms in total. The van der Waals surface area contributed by atoms with Crippen LogP contribution in [0.1, 0.15) is 29.9 Å². The number of anilines is 1. The van der Waals surface area contributed by atoms with E-state index in [-0.39, 0.29) is 25.4 Å². The van der Waals surface area contributed by atoms with Crippen molar-refractivity contribution in [3.8, 4) is 11.1 Å². The number of aliphatic carboxylic acids is 1. The van der Waals surface area contributed by atoms with Crippen molar-refractivity contribution in [3.63, 3.8) is 0 Å². The molecule has 1 aliphatic rings. The highest BCUT2D eigenvalue weighted by molar-refractivity contribution is 5.96. The molecule has 0 bridgehead atoms. The normalized spacial score (nSPS) is 12.8. The summed E-state index contributed by atoms with van der Waals surface area (Å²) >= 11 is 0. The molecule has 3 N–H and O–H groups in total. The van der Waals surface area contributed by atoms with Gasteiger partial charge < -0.3 is 20.5 Å². The Balaban J connectivity index is 1.42. The Labute approximate surface area is 190 Å². The van der Waals surface area contributed by atoms with Crippen molar-refractivity contribution in [1.82, 2.24) is 10.3 Å². The minimum Gasteiger partial charge on any atom is -0.481 e. The van der Waals surface area contributed by atoms with Crippen molar-refractivity contribution in [1.29, 1.82) is 0 Å². The lowest BCUT2D eigenvalue weighted by atomic mass is 9.98. The molecule has 0 spiro atoms. The van der Waals surface area contributed by atoms with Crippen LogP contribution in [-0.4, -0.2) is 40.7 Å². The van der Waals surface area contributed by atoms with Gasteiger partial charge in [0.1, 0.15) is 18.5 Å². The number of amides is 2. The van der Waals surface area contributed by atoms with Crippen LogP contribution in [0, 0.1) is 0 Å². The van der Waals surface area contributed by atoms with Crippen LogP contribution in [0.4, 0.5) is 10.6 Å². The molecule has 168 valence electrons. The largest absolute Gasteiger partial charge is 0.481 e. The van der Waals surface area contributed by atoms with E-state index in [1.54, 1.807) is 18.2 Å². The average Bonchev–Trinajstić information content (AvgIpc) is 3.14. The molecule has 2 amide bonds. The number of carbonyl (C=O) groups excluding carboxylic acids is 2. The van der Waals surface area contributed by atoms with Crippen LogP contribution in [0.15, 0.2) is 72.9 Å². The third-order valence-corrected chi connectivity index (χ3v) is 5.52. The van der Waals surface area contributed by atoms with Crippen LogP contribution < -0.4 is 10.6 Å². The van der Waals surface area contributed by atoms with Crippen LogP contribution in [0.5, 0.6) is 0 Å². The first-order chi connectivity index (χ1) is 16.0. The van der Waals surface area contributed by atoms with Crippen molar-refractivity contribution in [2.24, 2.45) is 0 Å². The minimum atomic E-state index is -1.08. The molecule has 1 atom stereocenters. The summed E-state index contributed by atoms with van der Waals surface area (Å²) in [6, 6.07) is 19.9. The van der Waals surface area contributed by atoms with E-state index in [0.29, 0.717) is 5.82 Å². The fourth-order valence-electron chi connectivity index (χ4n) is 3.97. The number of carbonyl (C=O) groups is 3. The SMILES string of the molecule is O=C(O)CCC(NC(=O)OCC1c2ccccc2-c2ccccc21)C(=O)Nc1ccccn1. The number of hydrogen-bond acceptors (Lipinski definition) is 5. The van der Waals surface area contributed by atoms with E-state index in [0.717, 1.165) is 22.3 Å². The van der Waals surface area contributed by atoms with Gasteiger partial charge in [-0.1, -0.05) is 54.6 Å². The zero-order valence-electron chi connectivity index (χ0n) is 17.7. The maximum Gasteiger partial charge on any atom is 0.407 e. The summed E-state index contributed by atoms with van der Waals surface area (Å²) in [5.41, 5.74) is 4.36. The molecular weight excluding hydrogens is 422 g/mol. The Hall–Kier alpha value is -4.20. The smallest absolute Gasteiger partial charge is 0.407 e. The van der Waals surface area contributed by atoms with Gasteiger partial charge in [0.15, 0.2) is 0 Å². The number of carboxylic acids is 1. The van der Waals surface area contributed by atoms with E-state index in [1.807, 2.05) is 48.5 Å². The van der Waals surface area contributed by atoms with E-state index in [4.69, 9.17) is 9.84 Å². The van der Waals surface area contributed by atoms with Gasteiger partial charge in [-0.05, 0) is 40.8 Å². The van der Waals surface area contributed by atoms with Gasteiger partial charge >= 0.3 is 12.1 Å². The molecule has 0 saturated carbocycles. The molecular formula is C25H23N3O5. The summed E-state index contributed by atoms with van der Waals surface area (Å²) in [4.78, 5) is 40.2. The first-order valence-corrected chi connectivity index (χ1v) is 10.6. The number of alkyl carbamates (subject to hydrolysis) is 1. The number of rotatable bonds is 8. The number of nitrogens with one attached hydrogen (secondary N) is 2. The van der Waals surface area contributed by atoms with Crippen LogP contribution in [-0.2, 0) is 14.3 Å². The number of benzene rings is 2. The summed E-state index contributed by atoms with van der Waals surface area (Å²) in [7, 11) is 0. The van der Waals surface area contributed by atoms with Crippen LogP contribution in [0.3, 0.4) is 0 Å². The Morgan fingerprint density at radius 2 is 1.58 bits per heavy atom. The Morgan fingerprint density at radius 3 is 2.18 bits per heavy atom. The summed E-state index contributed by atoms with van der Waals surface area (Å²) in [5.74, 6) is -1.46. The second kappa shape index (κ2) is 9.95. The molecule has 0 aliphatic heterocycles. The number of hydrogen-bond donors (Lipinski definition) is 3. The van der Waals surface area contributed by atoms with Gasteiger partial charge in [-0.15, -0.1) is 0 Å². The van der Waals surface area contributed by atoms with Crippen molar-refractivity contribution < 1.29 is 24.2 Å². The third kappa shape index (κ3) is 5.17. The number of aromatic nitrogens is 1. The fraction of sp³-hybridized carbons (Fsp3) is 0.200. The third-order valence-electron chi connectivity index (χ3n) is 5.52. The number of carboxylic acid groups (broad SMARTS) is 1. The predicted octanol–water partition coefficient (Wildman–Crippen LogP) is 3.79. The molecule has 2 aromatic carbocycles. The van der Waals surface area contributed by atoms with Gasteiger partial charge in [0.25, 0.3) is 0 Å². The molecule has 0 fully saturated rings. The lowest BCUT2D eigenvalue weighted by Gasteiger charge is -2.19. The molecule has 3 aromatic rings. The molecule has 4 rings (SSSR count). The van der Waals surface area contributed by atoms with Gasteiger partial charge in [-0.25, -0.2) is 9.78 Å². The van der Waals surface area contributed by atoms with E-state index < -0.39 is 24.0 Å². The summed E-state index contributed by atoms with van der Waals surface area (Å²) in [6.45, 7) is 0.0906. The Bertz CT molecular complexity index is 1120. The molecule has 0 radical (unpaired) electrons. The molecule has 1 aliphatic carbocycles. The zero-order valence-corrected chi connectivity index (χ0v) is 17.7. The van der Waals surface area contributed by atoms with Crippen LogP contribution in [0.2, 0.25) is 0 Å². The fourth-order valence-corrected chi connectivity index (χ4v) is 3.97. The highest BCUT2D eigenvalue weighted by Gasteiger charge is 2.30. The van der Waals surface area contributed by atoms with Gasteiger partial charge in [-0.3, -0.25) is 9.59 Å². The topological polar surface area (TPSA) is 118 Å². The van der Waals surface area contributed by atoms with Crippen molar-refractivity contribution >= 4 is 23.8 Å². The van der Waals surface area contributed by atoms with Gasteiger partial charge in [0, 0.05) is 18.5 Å². The number of ether oxygens (including phenoxy) is 1. The van der Waals surface area contributed by atoms with Crippen LogP contribution in [0.25, 0.3) is 11.1 Å². The highest BCUT2D eigenvalue weighted by Crippen LogP contribution is 2.44. The molecule has 0 saturated heterocycles. The Morgan fingerprint density at radius 1 is 0.939 bits per heavy atom. The lowest BCUT2D eigenvalue weighted by Crippen LogP contribution is -2.44. The molecule has 33 heavy (non-hydrogen) atoms. The first-order valence-electron chi connectivity index (χ1n) is 10.6. The van der Waals surface area contributed by atoms with Crippen LogP contribution >= 0.6 is 0 Å². The number of nitrogens with zero attached hydrogens (tertiary/aromatic N) is 1. The highest BCUT2D eigenvalue weighted by atomic mass is 16.5. The molecule has 8 heteroatoms. The molecule has 1 aromatic heterocycles. The molecule has 1 unspecified atom stereocenters. The standard InChI is InChI=1S/C25H23N3O5/c29-23(30)13-12-21(24(31)28-22-11-5-6-14-26-22)27-25(32)33-15-20-18-9-3-1-7-16(18)17-8-2-4-10-19(17)20/h1-11,14,20-21H,12-13,15H2,(H,27,32)(H,29,30)(H,26,28,31). The second-order valence-electron chi connectivity index (χ2n) is 7.66. The quantitative estimate of drug-likeness (QED) is 0.486. The van der Waals surface area contributed by atoms with Gasteiger partial charge in [0.2, 0.25) is 5.91 Å². The summed E-state index contributed by atoms with van der Waals surface area (Å²) in [5, 5.41) is 14.1. The van der Waals surface area contributed by atoms with Gasteiger partial charge in [0.05, 0.1) is 0 Å². The van der Waals surface area contributed by atoms with Crippen molar-refractivity contribution in [3.05, 3.63) is 84.1 Å². The minimum absolute atomic E-state index is 0.0851.